The van der Waals surface area contributed by atoms with Crippen molar-refractivity contribution in [2.75, 3.05) is 0 Å². The standard InChI is InChI=1S/C10H7F6N3O/c11-9(12,13)4-1-2-5(7(20)19-8(17)18)6(3-4)10(14,15)16/h1-3H,(H4,17,18,19,20). The van der Waals surface area contributed by atoms with Crippen molar-refractivity contribution in [1.82, 2.24) is 0 Å². The number of hydrogen-bond acceptors (Lipinski definition) is 1. The van der Waals surface area contributed by atoms with Crippen LogP contribution in [-0.2, 0) is 12.4 Å². The highest BCUT2D eigenvalue weighted by Gasteiger charge is 2.39. The van der Waals surface area contributed by atoms with Gasteiger partial charge in [-0.15, -0.1) is 0 Å². The molecule has 0 aliphatic carbocycles. The minimum absolute atomic E-state index is 0.171. The second kappa shape index (κ2) is 5.02. The van der Waals surface area contributed by atoms with Gasteiger partial charge in [0.25, 0.3) is 5.91 Å². The van der Waals surface area contributed by atoms with Crippen molar-refractivity contribution >= 4 is 11.9 Å². The predicted molar refractivity (Wildman–Crippen MR) is 56.6 cm³/mol. The third-order valence-corrected chi connectivity index (χ3v) is 2.11. The lowest BCUT2D eigenvalue weighted by molar-refractivity contribution is -0.143. The fourth-order valence-corrected chi connectivity index (χ4v) is 1.32. The molecule has 4 nitrogen and oxygen atoms in total. The van der Waals surface area contributed by atoms with E-state index >= 15 is 0 Å². The largest absolute Gasteiger partial charge is 0.417 e. The molecule has 0 unspecified atom stereocenters. The van der Waals surface area contributed by atoms with Crippen LogP contribution < -0.4 is 11.5 Å². The highest BCUT2D eigenvalue weighted by atomic mass is 19.4. The van der Waals surface area contributed by atoms with Crippen LogP contribution in [0.25, 0.3) is 0 Å². The van der Waals surface area contributed by atoms with Crippen LogP contribution in [0, 0.1) is 0 Å². The van der Waals surface area contributed by atoms with E-state index in [4.69, 9.17) is 11.5 Å². The van der Waals surface area contributed by atoms with Gasteiger partial charge in [0.15, 0.2) is 5.96 Å². The first-order valence-electron chi connectivity index (χ1n) is 4.85. The first kappa shape index (κ1) is 15.8. The highest BCUT2D eigenvalue weighted by molar-refractivity contribution is 6.03. The van der Waals surface area contributed by atoms with Crippen LogP contribution in [0.5, 0.6) is 0 Å². The Balaban J connectivity index is 3.47. The summed E-state index contributed by atoms with van der Waals surface area (Å²) in [4.78, 5) is 14.2. The summed E-state index contributed by atoms with van der Waals surface area (Å²) in [5, 5.41) is 0. The monoisotopic (exact) mass is 299 g/mol. The van der Waals surface area contributed by atoms with Gasteiger partial charge < -0.3 is 11.5 Å². The molecule has 1 aromatic rings. The molecule has 0 heterocycles. The van der Waals surface area contributed by atoms with Gasteiger partial charge in [0, 0.05) is 0 Å². The Morgan fingerprint density at radius 2 is 1.55 bits per heavy atom. The van der Waals surface area contributed by atoms with E-state index in [1.807, 2.05) is 0 Å². The summed E-state index contributed by atoms with van der Waals surface area (Å²) in [6.07, 6.45) is -10.1. The molecule has 20 heavy (non-hydrogen) atoms. The molecule has 0 radical (unpaired) electrons. The van der Waals surface area contributed by atoms with Crippen molar-refractivity contribution in [3.63, 3.8) is 0 Å². The number of rotatable bonds is 1. The minimum Gasteiger partial charge on any atom is -0.370 e. The maximum Gasteiger partial charge on any atom is 0.417 e. The van der Waals surface area contributed by atoms with Crippen LogP contribution >= 0.6 is 0 Å². The van der Waals surface area contributed by atoms with Crippen molar-refractivity contribution in [3.05, 3.63) is 34.9 Å². The average Bonchev–Trinajstić information content (AvgIpc) is 2.24. The Morgan fingerprint density at radius 1 is 1.00 bits per heavy atom. The molecule has 0 saturated carbocycles. The van der Waals surface area contributed by atoms with Gasteiger partial charge in [-0.3, -0.25) is 4.79 Å². The van der Waals surface area contributed by atoms with Crippen molar-refractivity contribution in [3.8, 4) is 0 Å². The summed E-state index contributed by atoms with van der Waals surface area (Å²) in [5.41, 5.74) is 5.30. The Labute approximate surface area is 108 Å². The van der Waals surface area contributed by atoms with Crippen LogP contribution in [0.15, 0.2) is 23.2 Å². The third kappa shape index (κ3) is 3.62. The van der Waals surface area contributed by atoms with Crippen LogP contribution in [0.1, 0.15) is 21.5 Å². The number of nitrogens with zero attached hydrogens (tertiary/aromatic N) is 1. The SMILES string of the molecule is NC(N)=NC(=O)c1ccc(C(F)(F)F)cc1C(F)(F)F. The Morgan fingerprint density at radius 3 is 1.95 bits per heavy atom. The van der Waals surface area contributed by atoms with E-state index in [0.717, 1.165) is 0 Å². The fourth-order valence-electron chi connectivity index (χ4n) is 1.32. The van der Waals surface area contributed by atoms with Gasteiger partial charge in [-0.2, -0.15) is 31.3 Å². The third-order valence-electron chi connectivity index (χ3n) is 2.11. The Bertz CT molecular complexity index is 557. The number of nitrogens with two attached hydrogens (primary N) is 2. The summed E-state index contributed by atoms with van der Waals surface area (Å²) in [5.74, 6) is -2.28. The van der Waals surface area contributed by atoms with Crippen molar-refractivity contribution < 1.29 is 31.1 Å². The minimum atomic E-state index is -5.16. The van der Waals surface area contributed by atoms with Gasteiger partial charge in [-0.1, -0.05) is 0 Å². The second-order valence-electron chi connectivity index (χ2n) is 3.60. The second-order valence-corrected chi connectivity index (χ2v) is 3.60. The van der Waals surface area contributed by atoms with Crippen molar-refractivity contribution in [2.24, 2.45) is 16.5 Å². The van der Waals surface area contributed by atoms with E-state index in [2.05, 4.69) is 4.99 Å². The molecule has 4 N–H and O–H groups in total. The van der Waals surface area contributed by atoms with Crippen LogP contribution in [0.4, 0.5) is 26.3 Å². The number of carbonyl (C=O) groups is 1. The summed E-state index contributed by atoms with van der Waals surface area (Å²) in [6, 6.07) is 0.542. The average molecular weight is 299 g/mol. The molecule has 1 aromatic carbocycles. The number of amides is 1. The van der Waals surface area contributed by atoms with E-state index in [1.54, 1.807) is 0 Å². The molecule has 1 rings (SSSR count). The Hall–Kier alpha value is -2.26. The zero-order valence-corrected chi connectivity index (χ0v) is 9.51. The summed E-state index contributed by atoms with van der Waals surface area (Å²) >= 11 is 0. The molecular weight excluding hydrogens is 292 g/mol. The zero-order chi connectivity index (χ0) is 15.7. The molecule has 0 aliphatic heterocycles. The quantitative estimate of drug-likeness (QED) is 0.473. The van der Waals surface area contributed by atoms with E-state index in [9.17, 15) is 31.1 Å². The molecule has 0 atom stereocenters. The van der Waals surface area contributed by atoms with E-state index in [1.165, 1.54) is 0 Å². The lowest BCUT2D eigenvalue weighted by Gasteiger charge is -2.14. The molecule has 0 bridgehead atoms. The van der Waals surface area contributed by atoms with Gasteiger partial charge in [0.05, 0.1) is 16.7 Å². The summed E-state index contributed by atoms with van der Waals surface area (Å²) < 4.78 is 75.2. The van der Waals surface area contributed by atoms with E-state index in [-0.39, 0.29) is 6.07 Å². The van der Waals surface area contributed by atoms with Crippen LogP contribution in [-0.4, -0.2) is 11.9 Å². The maximum atomic E-state index is 12.7. The number of guanidine groups is 1. The molecule has 110 valence electrons. The van der Waals surface area contributed by atoms with Crippen LogP contribution in [0.2, 0.25) is 0 Å². The topological polar surface area (TPSA) is 81.5 Å². The van der Waals surface area contributed by atoms with Gasteiger partial charge in [-0.05, 0) is 18.2 Å². The highest BCUT2D eigenvalue weighted by Crippen LogP contribution is 2.37. The summed E-state index contributed by atoms with van der Waals surface area (Å²) in [6.45, 7) is 0. The predicted octanol–water partition coefficient (Wildman–Crippen LogP) is 2.14. The zero-order valence-electron chi connectivity index (χ0n) is 9.51. The van der Waals surface area contributed by atoms with Gasteiger partial charge in [0.2, 0.25) is 0 Å². The van der Waals surface area contributed by atoms with Crippen molar-refractivity contribution in [1.29, 1.82) is 0 Å². The fraction of sp³-hybridized carbons (Fsp3) is 0.200. The molecule has 0 aliphatic rings. The molecular formula is C10H7F6N3O. The number of hydrogen-bond donors (Lipinski definition) is 2. The number of alkyl halides is 6. The lowest BCUT2D eigenvalue weighted by atomic mass is 10.0. The summed E-state index contributed by atoms with van der Waals surface area (Å²) in [7, 11) is 0. The molecule has 0 saturated heterocycles. The maximum absolute atomic E-state index is 12.7. The molecule has 0 spiro atoms. The first-order valence-corrected chi connectivity index (χ1v) is 4.85. The molecule has 10 heteroatoms. The molecule has 0 fully saturated rings. The molecule has 0 aromatic heterocycles. The normalized spacial score (nSPS) is 12.1. The van der Waals surface area contributed by atoms with Crippen molar-refractivity contribution in [2.45, 2.75) is 12.4 Å². The molecule has 1 amide bonds. The van der Waals surface area contributed by atoms with E-state index < -0.39 is 40.9 Å². The number of aliphatic imine (C=N–C) groups is 1. The Kier molecular flexibility index (Phi) is 3.97. The number of carbonyl (C=O) groups excluding carboxylic acids is 1. The number of benzene rings is 1. The lowest BCUT2D eigenvalue weighted by Crippen LogP contribution is -2.25. The van der Waals surface area contributed by atoms with E-state index in [0.29, 0.717) is 12.1 Å². The van der Waals surface area contributed by atoms with Crippen LogP contribution in [0.3, 0.4) is 0 Å². The van der Waals surface area contributed by atoms with Gasteiger partial charge in [0.1, 0.15) is 0 Å². The van der Waals surface area contributed by atoms with Gasteiger partial charge in [-0.25, -0.2) is 0 Å². The van der Waals surface area contributed by atoms with Gasteiger partial charge >= 0.3 is 12.4 Å². The number of halogens is 6. The first-order chi connectivity index (χ1) is 8.93. The smallest absolute Gasteiger partial charge is 0.370 e.